The second-order valence-corrected chi connectivity index (χ2v) is 8.70. The number of rotatable bonds is 16. The highest BCUT2D eigenvalue weighted by Crippen LogP contribution is 2.15. The number of hydrogen-bond donors (Lipinski definition) is 0. The van der Waals surface area contributed by atoms with Crippen molar-refractivity contribution in [3.05, 3.63) is 72.1 Å². The van der Waals surface area contributed by atoms with Gasteiger partial charge in [-0.25, -0.2) is 0 Å². The van der Waals surface area contributed by atoms with Crippen molar-refractivity contribution in [1.29, 1.82) is 0 Å². The molecule has 0 fully saturated rings. The molecule has 170 valence electrons. The van der Waals surface area contributed by atoms with Gasteiger partial charge >= 0.3 is 0 Å². The summed E-state index contributed by atoms with van der Waals surface area (Å²) in [6.07, 6.45) is 16.0. The molecule has 0 N–H and O–H groups in total. The zero-order chi connectivity index (χ0) is 22.3. The molecule has 31 heavy (non-hydrogen) atoms. The van der Waals surface area contributed by atoms with Crippen LogP contribution in [0.15, 0.2) is 55.3 Å². The van der Waals surface area contributed by atoms with Gasteiger partial charge in [0.25, 0.3) is 0 Å². The molecule has 0 radical (unpaired) electrons. The lowest BCUT2D eigenvalue weighted by atomic mass is 10.1. The van der Waals surface area contributed by atoms with Crippen molar-refractivity contribution in [2.75, 3.05) is 6.54 Å². The van der Waals surface area contributed by atoms with Crippen molar-refractivity contribution in [1.82, 2.24) is 9.47 Å². The molecule has 3 nitrogen and oxygen atoms in total. The van der Waals surface area contributed by atoms with E-state index in [0.717, 1.165) is 19.4 Å². The van der Waals surface area contributed by atoms with Crippen molar-refractivity contribution >= 4 is 5.91 Å². The Hall–Kier alpha value is -2.29. The van der Waals surface area contributed by atoms with Crippen molar-refractivity contribution in [2.45, 2.75) is 91.1 Å². The van der Waals surface area contributed by atoms with Gasteiger partial charge in [-0.2, -0.15) is 0 Å². The van der Waals surface area contributed by atoms with Crippen LogP contribution >= 0.6 is 0 Å². The first-order valence-electron chi connectivity index (χ1n) is 12.2. The summed E-state index contributed by atoms with van der Waals surface area (Å²) in [5, 5.41) is 0. The van der Waals surface area contributed by atoms with Crippen LogP contribution in [-0.4, -0.2) is 21.9 Å². The molecular weight excluding hydrogens is 380 g/mol. The molecule has 0 saturated heterocycles. The Morgan fingerprint density at radius 3 is 2.32 bits per heavy atom. The fourth-order valence-electron chi connectivity index (χ4n) is 4.07. The summed E-state index contributed by atoms with van der Waals surface area (Å²) in [4.78, 5) is 14.8. The lowest BCUT2D eigenvalue weighted by Gasteiger charge is -2.22. The van der Waals surface area contributed by atoms with E-state index in [2.05, 4.69) is 67.6 Å². The van der Waals surface area contributed by atoms with Crippen LogP contribution in [0.4, 0.5) is 0 Å². The lowest BCUT2D eigenvalue weighted by Crippen LogP contribution is -2.31. The third-order valence-electron chi connectivity index (χ3n) is 6.07. The molecule has 0 aliphatic carbocycles. The maximum Gasteiger partial charge on any atom is 0.223 e. The largest absolute Gasteiger partial charge is 0.345 e. The van der Waals surface area contributed by atoms with E-state index in [1.54, 1.807) is 0 Å². The quantitative estimate of drug-likeness (QED) is 0.206. The molecule has 0 atom stereocenters. The first-order chi connectivity index (χ1) is 15.2. The van der Waals surface area contributed by atoms with Crippen molar-refractivity contribution < 1.29 is 4.79 Å². The second-order valence-electron chi connectivity index (χ2n) is 8.70. The van der Waals surface area contributed by atoms with Crippen LogP contribution in [-0.2, 0) is 17.9 Å². The molecule has 3 heteroatoms. The first kappa shape index (κ1) is 25.0. The Labute approximate surface area is 190 Å². The van der Waals surface area contributed by atoms with E-state index in [1.807, 2.05) is 11.0 Å². The summed E-state index contributed by atoms with van der Waals surface area (Å²) in [6, 6.07) is 12.7. The summed E-state index contributed by atoms with van der Waals surface area (Å²) < 4.78 is 2.25. The Morgan fingerprint density at radius 1 is 0.968 bits per heavy atom. The monoisotopic (exact) mass is 422 g/mol. The maximum atomic E-state index is 12.9. The summed E-state index contributed by atoms with van der Waals surface area (Å²) in [5.74, 6) is 0.242. The third-order valence-corrected chi connectivity index (χ3v) is 6.07. The van der Waals surface area contributed by atoms with Gasteiger partial charge in [0, 0.05) is 31.4 Å². The highest BCUT2D eigenvalue weighted by Gasteiger charge is 2.14. The molecule has 1 aromatic heterocycles. The minimum absolute atomic E-state index is 0.242. The van der Waals surface area contributed by atoms with Gasteiger partial charge < -0.3 is 9.47 Å². The second kappa shape index (κ2) is 14.7. The molecule has 1 amide bonds. The van der Waals surface area contributed by atoms with Crippen LogP contribution < -0.4 is 0 Å². The van der Waals surface area contributed by atoms with E-state index in [1.165, 1.54) is 61.8 Å². The standard InChI is InChI=1S/C28H42N2O/c1-4-6-7-8-9-10-11-12-13-20-28(31)30(21-5-2)24-27-19-16-22-29(27)23-26-18-15-14-17-25(26)3/h5,14-19,22H,2,4,6-13,20-21,23-24H2,1,3H3. The Kier molecular flexibility index (Phi) is 11.8. The van der Waals surface area contributed by atoms with Gasteiger partial charge in [0.1, 0.15) is 0 Å². The number of nitrogens with zero attached hydrogens (tertiary/aromatic N) is 2. The molecule has 1 aromatic carbocycles. The maximum absolute atomic E-state index is 12.9. The van der Waals surface area contributed by atoms with E-state index in [-0.39, 0.29) is 5.91 Å². The molecule has 0 saturated carbocycles. The molecule has 0 unspecified atom stereocenters. The smallest absolute Gasteiger partial charge is 0.223 e. The zero-order valence-electron chi connectivity index (χ0n) is 19.8. The van der Waals surface area contributed by atoms with Crippen LogP contribution in [0.3, 0.4) is 0 Å². The first-order valence-corrected chi connectivity index (χ1v) is 12.2. The fourth-order valence-corrected chi connectivity index (χ4v) is 4.07. The number of aryl methyl sites for hydroxylation is 1. The van der Waals surface area contributed by atoms with E-state index in [9.17, 15) is 4.79 Å². The van der Waals surface area contributed by atoms with Crippen molar-refractivity contribution in [3.8, 4) is 0 Å². The molecule has 2 rings (SSSR count). The van der Waals surface area contributed by atoms with Gasteiger partial charge in [0.05, 0.1) is 6.54 Å². The number of amides is 1. The van der Waals surface area contributed by atoms with E-state index >= 15 is 0 Å². The Morgan fingerprint density at radius 2 is 1.65 bits per heavy atom. The average Bonchev–Trinajstić information content (AvgIpc) is 3.20. The Bertz CT molecular complexity index is 777. The van der Waals surface area contributed by atoms with Gasteiger partial charge in [-0.05, 0) is 36.6 Å². The molecule has 0 aliphatic rings. The molecule has 0 aliphatic heterocycles. The predicted molar refractivity (Wildman–Crippen MR) is 132 cm³/mol. The van der Waals surface area contributed by atoms with Gasteiger partial charge in [-0.15, -0.1) is 6.58 Å². The average molecular weight is 423 g/mol. The minimum Gasteiger partial charge on any atom is -0.345 e. The van der Waals surface area contributed by atoms with E-state index < -0.39 is 0 Å². The molecule has 0 bridgehead atoms. The number of unbranched alkanes of at least 4 members (excludes halogenated alkanes) is 8. The van der Waals surface area contributed by atoms with Crippen LogP contribution in [0.5, 0.6) is 0 Å². The van der Waals surface area contributed by atoms with Crippen LogP contribution in [0.2, 0.25) is 0 Å². The molecule has 1 heterocycles. The SMILES string of the molecule is C=CCN(Cc1cccn1Cc1ccccc1C)C(=O)CCCCCCCCCCC. The number of benzene rings is 1. The van der Waals surface area contributed by atoms with Gasteiger partial charge in [-0.1, -0.05) is 88.6 Å². The van der Waals surface area contributed by atoms with Gasteiger partial charge in [0.15, 0.2) is 0 Å². The van der Waals surface area contributed by atoms with Crippen LogP contribution in [0, 0.1) is 6.92 Å². The summed E-state index contributed by atoms with van der Waals surface area (Å²) >= 11 is 0. The predicted octanol–water partition coefficient (Wildman–Crippen LogP) is 7.28. The van der Waals surface area contributed by atoms with Crippen LogP contribution in [0.25, 0.3) is 0 Å². The Balaban J connectivity index is 1.79. The minimum atomic E-state index is 0.242. The molecule has 0 spiro atoms. The number of carbonyl (C=O) groups excluding carboxylic acids is 1. The number of aromatic nitrogens is 1. The van der Waals surface area contributed by atoms with Crippen LogP contribution in [0.1, 0.15) is 88.0 Å². The van der Waals surface area contributed by atoms with Gasteiger partial charge in [-0.3, -0.25) is 4.79 Å². The molecule has 2 aromatic rings. The normalized spacial score (nSPS) is 10.9. The summed E-state index contributed by atoms with van der Waals surface area (Å²) in [5.41, 5.74) is 3.79. The summed E-state index contributed by atoms with van der Waals surface area (Å²) in [7, 11) is 0. The van der Waals surface area contributed by atoms with Gasteiger partial charge in [0.2, 0.25) is 5.91 Å². The lowest BCUT2D eigenvalue weighted by molar-refractivity contribution is -0.131. The highest BCUT2D eigenvalue weighted by molar-refractivity contribution is 5.76. The fraction of sp³-hybridized carbons (Fsp3) is 0.536. The molecular formula is C28H42N2O. The highest BCUT2D eigenvalue weighted by atomic mass is 16.2. The third kappa shape index (κ3) is 9.16. The van der Waals surface area contributed by atoms with Crippen molar-refractivity contribution in [2.24, 2.45) is 0 Å². The number of hydrogen-bond acceptors (Lipinski definition) is 1. The topological polar surface area (TPSA) is 25.2 Å². The van der Waals surface area contributed by atoms with E-state index in [0.29, 0.717) is 19.5 Å². The van der Waals surface area contributed by atoms with Crippen molar-refractivity contribution in [3.63, 3.8) is 0 Å². The number of carbonyl (C=O) groups is 1. The van der Waals surface area contributed by atoms with E-state index in [4.69, 9.17) is 0 Å². The summed E-state index contributed by atoms with van der Waals surface area (Å²) in [6.45, 7) is 10.4. The zero-order valence-corrected chi connectivity index (χ0v) is 19.8.